The summed E-state index contributed by atoms with van der Waals surface area (Å²) in [6.07, 6.45) is 5.90. The van der Waals surface area contributed by atoms with E-state index in [9.17, 15) is 0 Å². The molecule has 5 aromatic carbocycles. The third-order valence-corrected chi connectivity index (χ3v) is 8.98. The normalized spacial score (nSPS) is 15.0. The second-order valence-corrected chi connectivity index (χ2v) is 12.3. The topological polar surface area (TPSA) is 0 Å². The Balaban J connectivity index is 0.000000215. The number of benzene rings is 4. The van der Waals surface area contributed by atoms with E-state index in [2.05, 4.69) is 151 Å². The van der Waals surface area contributed by atoms with Crippen LogP contribution < -0.4 is 0 Å². The molecule has 1 heterocycles. The molecule has 5 aromatic rings. The van der Waals surface area contributed by atoms with E-state index in [4.69, 9.17) is 0 Å². The first-order chi connectivity index (χ1) is 19.9. The van der Waals surface area contributed by atoms with Crippen LogP contribution in [0.5, 0.6) is 0 Å². The molecule has 0 nitrogen and oxygen atoms in total. The van der Waals surface area contributed by atoms with Gasteiger partial charge in [0.25, 0.3) is 0 Å². The molecule has 3 heteroatoms. The number of aryl methyl sites for hydroxylation is 2. The molecule has 0 N–H and O–H groups in total. The Hall–Kier alpha value is -2.58. The van der Waals surface area contributed by atoms with Crippen molar-refractivity contribution >= 4 is 45.8 Å². The van der Waals surface area contributed by atoms with Crippen molar-refractivity contribution in [3.8, 4) is 11.1 Å². The van der Waals surface area contributed by atoms with Gasteiger partial charge in [-0.15, -0.1) is 50.7 Å². The van der Waals surface area contributed by atoms with E-state index in [0.29, 0.717) is 11.2 Å². The summed E-state index contributed by atoms with van der Waals surface area (Å²) in [5.41, 5.74) is 10.9. The maximum atomic E-state index is 3.57. The standard InChI is InChI=1S/C21H17.C17H17S.2CH3.Si.Zr/c1-14-12-20-15(2)10-11-19(21(20)13-14)18-9-5-7-16-6-3-4-8-17(16)18;1-11(2)14-9-15-16(10-14)18-12(3)17(15)13-7-5-4-6-8-13;;;;/h3-13H,1-2H3;4-9,11-12H,1-3H3;2*1H3;;/q4*-1;;. The molecule has 0 bridgehead atoms. The molecular formula is C40H40SSiZr-4. The first kappa shape index (κ1) is 34.9. The number of hydrogen-bond acceptors (Lipinski definition) is 1. The van der Waals surface area contributed by atoms with E-state index in [1.54, 1.807) is 0 Å². The van der Waals surface area contributed by atoms with Crippen molar-refractivity contribution in [3.63, 3.8) is 0 Å². The van der Waals surface area contributed by atoms with E-state index < -0.39 is 0 Å². The molecule has 1 aliphatic heterocycles. The van der Waals surface area contributed by atoms with Crippen molar-refractivity contribution in [2.24, 2.45) is 5.92 Å². The number of fused-ring (bicyclic) bond motifs is 3. The Morgan fingerprint density at radius 3 is 2.19 bits per heavy atom. The monoisotopic (exact) mass is 670 g/mol. The SMILES string of the molecule is CC(C)C1=CC2=C(c3ccccc3)C(C)SC2=[C-]1.Cc1cc2c(-c3cccc4ccccc34)ccc(C)c2[cH-]1.[CH3-].[CH3-].[Si]=[Zr]. The van der Waals surface area contributed by atoms with Crippen LogP contribution in [-0.4, -0.2) is 12.1 Å². The summed E-state index contributed by atoms with van der Waals surface area (Å²) in [7, 11) is 0. The van der Waals surface area contributed by atoms with E-state index in [-0.39, 0.29) is 14.9 Å². The Kier molecular flexibility index (Phi) is 12.5. The van der Waals surface area contributed by atoms with Crippen molar-refractivity contribution < 1.29 is 23.3 Å². The molecule has 0 aromatic heterocycles. The van der Waals surface area contributed by atoms with E-state index >= 15 is 0 Å². The summed E-state index contributed by atoms with van der Waals surface area (Å²) in [5, 5.41) is 5.90. The first-order valence-corrected chi connectivity index (χ1v) is 19.2. The van der Waals surface area contributed by atoms with Crippen molar-refractivity contribution in [3.05, 3.63) is 157 Å². The van der Waals surface area contributed by atoms with Crippen LogP contribution in [-0.2, 0) is 23.3 Å². The van der Waals surface area contributed by atoms with Crippen LogP contribution in [0.15, 0.2) is 119 Å². The molecule has 7 rings (SSSR count). The average molecular weight is 672 g/mol. The molecule has 2 aliphatic rings. The number of allylic oxidation sites excluding steroid dienone is 4. The predicted molar refractivity (Wildman–Crippen MR) is 191 cm³/mol. The van der Waals surface area contributed by atoms with Crippen LogP contribution in [0.3, 0.4) is 0 Å². The van der Waals surface area contributed by atoms with Crippen LogP contribution >= 0.6 is 11.8 Å². The van der Waals surface area contributed by atoms with Gasteiger partial charge >= 0.3 is 30.2 Å². The van der Waals surface area contributed by atoms with Gasteiger partial charge in [0.2, 0.25) is 0 Å². The third-order valence-electron chi connectivity index (χ3n) is 7.83. The Labute approximate surface area is 281 Å². The van der Waals surface area contributed by atoms with Gasteiger partial charge in [-0.1, -0.05) is 118 Å². The number of hydrogen-bond donors (Lipinski definition) is 0. The van der Waals surface area contributed by atoms with Crippen molar-refractivity contribution in [2.45, 2.75) is 39.9 Å². The van der Waals surface area contributed by atoms with Crippen LogP contribution in [0.25, 0.3) is 38.2 Å². The van der Waals surface area contributed by atoms with Crippen molar-refractivity contribution in [2.75, 3.05) is 0 Å². The molecule has 43 heavy (non-hydrogen) atoms. The third kappa shape index (κ3) is 7.22. The molecule has 2 radical (unpaired) electrons. The van der Waals surface area contributed by atoms with Gasteiger partial charge < -0.3 is 14.9 Å². The zero-order chi connectivity index (χ0) is 29.1. The summed E-state index contributed by atoms with van der Waals surface area (Å²) < 4.78 is 0. The Morgan fingerprint density at radius 1 is 0.814 bits per heavy atom. The molecule has 218 valence electrons. The van der Waals surface area contributed by atoms with Gasteiger partial charge in [-0.25, -0.2) is 6.08 Å². The zero-order valence-electron chi connectivity index (χ0n) is 26.4. The van der Waals surface area contributed by atoms with Crippen molar-refractivity contribution in [1.82, 2.24) is 0 Å². The predicted octanol–water partition coefficient (Wildman–Crippen LogP) is 11.4. The van der Waals surface area contributed by atoms with Crippen LogP contribution in [0, 0.1) is 40.7 Å². The summed E-state index contributed by atoms with van der Waals surface area (Å²) >= 11 is 3.30. The van der Waals surface area contributed by atoms with Gasteiger partial charge in [-0.3, -0.25) is 0 Å². The van der Waals surface area contributed by atoms with Gasteiger partial charge in [0.1, 0.15) is 0 Å². The van der Waals surface area contributed by atoms with Crippen LogP contribution in [0.2, 0.25) is 0 Å². The van der Waals surface area contributed by atoms with Crippen LogP contribution in [0.1, 0.15) is 37.5 Å². The average Bonchev–Trinajstić information content (AvgIpc) is 3.67. The van der Waals surface area contributed by atoms with Crippen LogP contribution in [0.4, 0.5) is 0 Å². The number of thioether (sulfide) groups is 1. The van der Waals surface area contributed by atoms with Gasteiger partial charge in [0, 0.05) is 5.25 Å². The van der Waals surface area contributed by atoms with E-state index in [0.717, 1.165) is 0 Å². The molecular weight excluding hydrogens is 632 g/mol. The first-order valence-electron chi connectivity index (χ1n) is 14.1. The fourth-order valence-corrected chi connectivity index (χ4v) is 7.01. The van der Waals surface area contributed by atoms with E-state index in [1.807, 2.05) is 11.8 Å². The van der Waals surface area contributed by atoms with Gasteiger partial charge in [0.15, 0.2) is 0 Å². The minimum atomic E-state index is 0. The van der Waals surface area contributed by atoms with Gasteiger partial charge in [-0.05, 0) is 34.7 Å². The fourth-order valence-electron chi connectivity index (χ4n) is 5.81. The van der Waals surface area contributed by atoms with Gasteiger partial charge in [-0.2, -0.15) is 23.3 Å². The summed E-state index contributed by atoms with van der Waals surface area (Å²) in [6, 6.07) is 35.0. The molecule has 1 unspecified atom stereocenters. The maximum absolute atomic E-state index is 3.57. The quantitative estimate of drug-likeness (QED) is 0.136. The van der Waals surface area contributed by atoms with Gasteiger partial charge in [0.05, 0.1) is 0 Å². The summed E-state index contributed by atoms with van der Waals surface area (Å²) in [6.45, 7) is 14.2. The zero-order valence-corrected chi connectivity index (χ0v) is 30.7. The summed E-state index contributed by atoms with van der Waals surface area (Å²) in [4.78, 5) is 1.34. The molecule has 0 saturated heterocycles. The second kappa shape index (κ2) is 15.4. The van der Waals surface area contributed by atoms with Crippen molar-refractivity contribution in [1.29, 1.82) is 0 Å². The second-order valence-electron chi connectivity index (χ2n) is 11.0. The summed E-state index contributed by atoms with van der Waals surface area (Å²) in [5.74, 6) is 0.559. The molecule has 0 amide bonds. The molecule has 1 aliphatic carbocycles. The number of rotatable bonds is 3. The Bertz CT molecular complexity index is 1800. The molecule has 1 atom stereocenters. The molecule has 0 saturated carbocycles. The Morgan fingerprint density at radius 2 is 1.47 bits per heavy atom. The fraction of sp³-hybridized carbons (Fsp3) is 0.175. The van der Waals surface area contributed by atoms with E-state index in [1.165, 1.54) is 94.3 Å². The minimum absolute atomic E-state index is 0. The molecule has 0 fully saturated rings. The molecule has 0 spiro atoms.